The van der Waals surface area contributed by atoms with E-state index in [4.69, 9.17) is 0 Å². The molecule has 0 saturated heterocycles. The molecule has 4 heteroatoms. The monoisotopic (exact) mass is 478 g/mol. The minimum atomic E-state index is 0.850. The zero-order chi connectivity index (χ0) is 25.2. The molecule has 0 unspecified atom stereocenters. The molecule has 0 amide bonds. The zero-order valence-corrected chi connectivity index (χ0v) is 20.3. The van der Waals surface area contributed by atoms with Gasteiger partial charge in [-0.05, 0) is 64.7 Å². The Hall–Kier alpha value is -5.09. The van der Waals surface area contributed by atoms with Gasteiger partial charge in [-0.1, -0.05) is 79.9 Å². The lowest BCUT2D eigenvalue weighted by atomic mass is 9.98. The lowest BCUT2D eigenvalue weighted by Crippen LogP contribution is -1.98. The summed E-state index contributed by atoms with van der Waals surface area (Å²) in [6.45, 7) is 8.68. The van der Waals surface area contributed by atoms with Crippen molar-refractivity contribution in [3.05, 3.63) is 144 Å². The van der Waals surface area contributed by atoms with Gasteiger partial charge in [-0.15, -0.1) is 0 Å². The van der Waals surface area contributed by atoms with Crippen molar-refractivity contribution in [3.8, 4) is 0 Å². The fraction of sp³-hybridized carbons (Fsp3) is 0. The van der Waals surface area contributed by atoms with Crippen LogP contribution in [-0.4, -0.2) is 15.2 Å². The number of aromatic nitrogens is 3. The summed E-state index contributed by atoms with van der Waals surface area (Å²) in [5.41, 5.74) is 10.1. The molecule has 0 aliphatic heterocycles. The number of hydrogen-bond donors (Lipinski definition) is 3. The SMILES string of the molecule is C=C(c1cccc(NC(=C)c2cccc3[nH]ccc23)c1)c1ccc2c(/C=C/c3ccccc3)n[nH]c2c1. The molecule has 2 heterocycles. The number of nitrogens with zero attached hydrogens (tertiary/aromatic N) is 1. The van der Waals surface area contributed by atoms with Crippen molar-refractivity contribution in [2.24, 2.45) is 0 Å². The Bertz CT molecular complexity index is 1780. The number of anilines is 1. The van der Waals surface area contributed by atoms with E-state index in [9.17, 15) is 0 Å². The largest absolute Gasteiger partial charge is 0.361 e. The summed E-state index contributed by atoms with van der Waals surface area (Å²) in [5.74, 6) is 0. The van der Waals surface area contributed by atoms with Crippen LogP contribution in [0.1, 0.15) is 27.9 Å². The second-order valence-corrected chi connectivity index (χ2v) is 9.02. The zero-order valence-electron chi connectivity index (χ0n) is 20.3. The number of benzene rings is 4. The number of H-pyrrole nitrogens is 2. The maximum Gasteiger partial charge on any atom is 0.0927 e. The Kier molecular flexibility index (Phi) is 5.75. The van der Waals surface area contributed by atoms with Crippen LogP contribution in [-0.2, 0) is 0 Å². The van der Waals surface area contributed by atoms with E-state index in [1.165, 1.54) is 0 Å². The van der Waals surface area contributed by atoms with Crippen LogP contribution in [0.15, 0.2) is 116 Å². The molecule has 178 valence electrons. The third-order valence-electron chi connectivity index (χ3n) is 6.60. The van der Waals surface area contributed by atoms with Gasteiger partial charge >= 0.3 is 0 Å². The van der Waals surface area contributed by atoms with Crippen LogP contribution in [0.5, 0.6) is 0 Å². The van der Waals surface area contributed by atoms with Crippen LogP contribution in [0.2, 0.25) is 0 Å². The second kappa shape index (κ2) is 9.51. The van der Waals surface area contributed by atoms with Crippen molar-refractivity contribution >= 4 is 50.9 Å². The predicted molar refractivity (Wildman–Crippen MR) is 157 cm³/mol. The van der Waals surface area contributed by atoms with E-state index in [1.807, 2.05) is 48.7 Å². The Labute approximate surface area is 215 Å². The highest BCUT2D eigenvalue weighted by Crippen LogP contribution is 2.30. The van der Waals surface area contributed by atoms with Gasteiger partial charge in [-0.25, -0.2) is 0 Å². The molecule has 3 N–H and O–H groups in total. The maximum absolute atomic E-state index is 4.51. The van der Waals surface area contributed by atoms with E-state index < -0.39 is 0 Å². The first-order valence-electron chi connectivity index (χ1n) is 12.2. The van der Waals surface area contributed by atoms with Gasteiger partial charge in [0.2, 0.25) is 0 Å². The fourth-order valence-corrected chi connectivity index (χ4v) is 4.64. The molecule has 0 spiro atoms. The van der Waals surface area contributed by atoms with Gasteiger partial charge in [0, 0.05) is 39.4 Å². The van der Waals surface area contributed by atoms with Crippen LogP contribution in [0, 0.1) is 0 Å². The number of nitrogens with one attached hydrogen (secondary N) is 3. The molecule has 0 fully saturated rings. The minimum Gasteiger partial charge on any atom is -0.361 e. The quantitative estimate of drug-likeness (QED) is 0.216. The second-order valence-electron chi connectivity index (χ2n) is 9.02. The molecule has 0 saturated carbocycles. The van der Waals surface area contributed by atoms with Gasteiger partial charge < -0.3 is 10.3 Å². The number of hydrogen-bond acceptors (Lipinski definition) is 2. The Morgan fingerprint density at radius 3 is 2.46 bits per heavy atom. The van der Waals surface area contributed by atoms with E-state index in [0.29, 0.717) is 0 Å². The van der Waals surface area contributed by atoms with Crippen molar-refractivity contribution in [2.45, 2.75) is 0 Å². The average molecular weight is 479 g/mol. The van der Waals surface area contributed by atoms with E-state index in [0.717, 1.165) is 66.7 Å². The summed E-state index contributed by atoms with van der Waals surface area (Å²) >= 11 is 0. The molecular formula is C33H26N4. The van der Waals surface area contributed by atoms with Crippen LogP contribution in [0.3, 0.4) is 0 Å². The van der Waals surface area contributed by atoms with Crippen molar-refractivity contribution < 1.29 is 0 Å². The summed E-state index contributed by atoms with van der Waals surface area (Å²) in [6, 6.07) is 33.1. The van der Waals surface area contributed by atoms with E-state index in [2.05, 4.69) is 100 Å². The third kappa shape index (κ3) is 4.48. The van der Waals surface area contributed by atoms with Gasteiger partial charge in [-0.2, -0.15) is 5.10 Å². The lowest BCUT2D eigenvalue weighted by Gasteiger charge is -2.13. The standard InChI is InChI=1S/C33H26N4/c1-22(26-15-16-30-32(36-37-33(30)21-26)17-14-24-8-4-3-5-9-24)25-10-6-11-27(20-25)35-23(2)28-12-7-13-31-29(28)18-19-34-31/h3-21,34-35H,1-2H2,(H,36,37)/b17-14+. The highest BCUT2D eigenvalue weighted by atomic mass is 15.1. The van der Waals surface area contributed by atoms with Crippen molar-refractivity contribution in [3.63, 3.8) is 0 Å². The van der Waals surface area contributed by atoms with Crippen LogP contribution in [0.4, 0.5) is 5.69 Å². The van der Waals surface area contributed by atoms with Crippen molar-refractivity contribution in [1.82, 2.24) is 15.2 Å². The van der Waals surface area contributed by atoms with Crippen molar-refractivity contribution in [2.75, 3.05) is 5.32 Å². The van der Waals surface area contributed by atoms with Gasteiger partial charge in [0.25, 0.3) is 0 Å². The first kappa shape index (κ1) is 22.4. The molecule has 4 nitrogen and oxygen atoms in total. The number of fused-ring (bicyclic) bond motifs is 2. The molecule has 0 aliphatic carbocycles. The average Bonchev–Trinajstić information content (AvgIpc) is 3.59. The lowest BCUT2D eigenvalue weighted by molar-refractivity contribution is 1.11. The number of aromatic amines is 2. The molecule has 6 rings (SSSR count). The summed E-state index contributed by atoms with van der Waals surface area (Å²) < 4.78 is 0. The smallest absolute Gasteiger partial charge is 0.0927 e. The van der Waals surface area contributed by atoms with E-state index >= 15 is 0 Å². The Morgan fingerprint density at radius 2 is 1.57 bits per heavy atom. The summed E-state index contributed by atoms with van der Waals surface area (Å²) in [4.78, 5) is 3.26. The normalized spacial score (nSPS) is 11.4. The van der Waals surface area contributed by atoms with Gasteiger partial charge in [0.15, 0.2) is 0 Å². The highest BCUT2D eigenvalue weighted by Gasteiger charge is 2.10. The minimum absolute atomic E-state index is 0.850. The Balaban J connectivity index is 1.23. The molecule has 0 radical (unpaired) electrons. The van der Waals surface area contributed by atoms with Crippen LogP contribution in [0.25, 0.3) is 45.2 Å². The molecule has 4 aromatic carbocycles. The fourth-order valence-electron chi connectivity index (χ4n) is 4.64. The molecular weight excluding hydrogens is 452 g/mol. The first-order valence-corrected chi connectivity index (χ1v) is 12.2. The van der Waals surface area contributed by atoms with Crippen LogP contribution >= 0.6 is 0 Å². The Morgan fingerprint density at radius 1 is 0.730 bits per heavy atom. The van der Waals surface area contributed by atoms with E-state index in [-0.39, 0.29) is 0 Å². The third-order valence-corrected chi connectivity index (χ3v) is 6.60. The summed E-state index contributed by atoms with van der Waals surface area (Å²) in [6.07, 6.45) is 6.06. The molecule has 2 aromatic heterocycles. The maximum atomic E-state index is 4.51. The van der Waals surface area contributed by atoms with Crippen LogP contribution < -0.4 is 5.32 Å². The summed E-state index contributed by atoms with van der Waals surface area (Å²) in [7, 11) is 0. The molecule has 6 aromatic rings. The molecule has 0 bridgehead atoms. The van der Waals surface area contributed by atoms with Gasteiger partial charge in [-0.3, -0.25) is 5.10 Å². The first-order chi connectivity index (χ1) is 18.2. The predicted octanol–water partition coefficient (Wildman–Crippen LogP) is 8.36. The topological polar surface area (TPSA) is 56.5 Å². The van der Waals surface area contributed by atoms with Crippen molar-refractivity contribution in [1.29, 1.82) is 0 Å². The van der Waals surface area contributed by atoms with E-state index in [1.54, 1.807) is 0 Å². The highest BCUT2D eigenvalue weighted by molar-refractivity contribution is 5.95. The number of rotatable bonds is 7. The van der Waals surface area contributed by atoms with Gasteiger partial charge in [0.05, 0.1) is 11.2 Å². The molecule has 37 heavy (non-hydrogen) atoms. The molecule has 0 aliphatic rings. The van der Waals surface area contributed by atoms with Gasteiger partial charge in [0.1, 0.15) is 0 Å². The molecule has 0 atom stereocenters. The summed E-state index contributed by atoms with van der Waals surface area (Å²) in [5, 5.41) is 13.4.